The van der Waals surface area contributed by atoms with Gasteiger partial charge in [0.25, 0.3) is 0 Å². The second kappa shape index (κ2) is 5.83. The maximum atomic E-state index is 12.4. The van der Waals surface area contributed by atoms with E-state index in [0.717, 1.165) is 5.69 Å². The van der Waals surface area contributed by atoms with Crippen LogP contribution < -0.4 is 0 Å². The summed E-state index contributed by atoms with van der Waals surface area (Å²) in [6.07, 6.45) is 1.65. The van der Waals surface area contributed by atoms with Gasteiger partial charge in [0.05, 0.1) is 17.1 Å². The number of carbonyl (C=O) groups is 1. The van der Waals surface area contributed by atoms with Crippen molar-refractivity contribution >= 4 is 17.0 Å². The number of pyridine rings is 1. The molecule has 0 bridgehead atoms. The number of aromatic nitrogens is 4. The molecule has 0 saturated heterocycles. The summed E-state index contributed by atoms with van der Waals surface area (Å²) in [6.45, 7) is 7.73. The first-order valence-electron chi connectivity index (χ1n) is 7.40. The van der Waals surface area contributed by atoms with Crippen molar-refractivity contribution in [2.75, 3.05) is 0 Å². The Labute approximate surface area is 133 Å². The summed E-state index contributed by atoms with van der Waals surface area (Å²) in [6, 6.07) is 3.60. The van der Waals surface area contributed by atoms with Crippen LogP contribution in [0.3, 0.4) is 0 Å². The number of nitrogens with zero attached hydrogens (tertiary/aromatic N) is 4. The maximum absolute atomic E-state index is 12.4. The van der Waals surface area contributed by atoms with E-state index in [2.05, 4.69) is 15.2 Å². The van der Waals surface area contributed by atoms with Gasteiger partial charge in [0.2, 0.25) is 0 Å². The molecule has 0 radical (unpaired) electrons. The highest BCUT2D eigenvalue weighted by Crippen LogP contribution is 2.22. The van der Waals surface area contributed by atoms with Crippen molar-refractivity contribution in [3.8, 4) is 0 Å². The van der Waals surface area contributed by atoms with Gasteiger partial charge in [-0.3, -0.25) is 0 Å². The quantitative estimate of drug-likeness (QED) is 0.688. The van der Waals surface area contributed by atoms with Gasteiger partial charge in [-0.1, -0.05) is 5.16 Å². The topological polar surface area (TPSA) is 83.0 Å². The zero-order chi connectivity index (χ0) is 16.6. The lowest BCUT2D eigenvalue weighted by Crippen LogP contribution is -2.08. The van der Waals surface area contributed by atoms with Crippen molar-refractivity contribution in [3.05, 3.63) is 41.0 Å². The average Bonchev–Trinajstić information content (AvgIpc) is 3.09. The van der Waals surface area contributed by atoms with Gasteiger partial charge in [-0.25, -0.2) is 14.5 Å². The third-order valence-corrected chi connectivity index (χ3v) is 3.43. The van der Waals surface area contributed by atoms with Gasteiger partial charge < -0.3 is 9.26 Å². The molecule has 120 valence electrons. The van der Waals surface area contributed by atoms with Crippen LogP contribution in [0.1, 0.15) is 47.4 Å². The van der Waals surface area contributed by atoms with Crippen LogP contribution in [0.5, 0.6) is 0 Å². The molecule has 3 aromatic rings. The fourth-order valence-electron chi connectivity index (χ4n) is 2.39. The zero-order valence-corrected chi connectivity index (χ0v) is 13.5. The second-order valence-corrected chi connectivity index (χ2v) is 5.74. The molecule has 3 rings (SSSR count). The van der Waals surface area contributed by atoms with Crippen LogP contribution in [0.2, 0.25) is 0 Å². The summed E-state index contributed by atoms with van der Waals surface area (Å²) >= 11 is 0. The summed E-state index contributed by atoms with van der Waals surface area (Å²) in [7, 11) is 0. The molecule has 0 amide bonds. The molecule has 3 heterocycles. The predicted octanol–water partition coefficient (Wildman–Crippen LogP) is 2.97. The van der Waals surface area contributed by atoms with Crippen molar-refractivity contribution in [3.63, 3.8) is 0 Å². The van der Waals surface area contributed by atoms with Crippen LogP contribution in [0.4, 0.5) is 0 Å². The van der Waals surface area contributed by atoms with Crippen LogP contribution in [0.15, 0.2) is 22.9 Å². The van der Waals surface area contributed by atoms with Gasteiger partial charge >= 0.3 is 5.97 Å². The molecular weight excluding hydrogens is 296 g/mol. The minimum atomic E-state index is -0.426. The lowest BCUT2D eigenvalue weighted by atomic mass is 10.1. The van der Waals surface area contributed by atoms with E-state index in [4.69, 9.17) is 9.26 Å². The Morgan fingerprint density at radius 2 is 2.13 bits per heavy atom. The molecule has 0 aliphatic heterocycles. The largest absolute Gasteiger partial charge is 0.455 e. The summed E-state index contributed by atoms with van der Waals surface area (Å²) in [5.41, 5.74) is 2.46. The normalized spacial score (nSPS) is 11.3. The third kappa shape index (κ3) is 2.94. The highest BCUT2D eigenvalue weighted by Gasteiger charge is 2.18. The second-order valence-electron chi connectivity index (χ2n) is 5.74. The molecule has 0 atom stereocenters. The van der Waals surface area contributed by atoms with Crippen molar-refractivity contribution in [1.82, 2.24) is 19.9 Å². The number of hydrogen-bond donors (Lipinski definition) is 0. The molecule has 0 spiro atoms. The molecule has 0 N–H and O–H groups in total. The van der Waals surface area contributed by atoms with E-state index in [9.17, 15) is 4.79 Å². The Morgan fingerprint density at radius 1 is 1.35 bits per heavy atom. The van der Waals surface area contributed by atoms with E-state index in [1.165, 1.54) is 0 Å². The molecule has 0 unspecified atom stereocenters. The van der Waals surface area contributed by atoms with E-state index in [1.807, 2.05) is 20.8 Å². The van der Waals surface area contributed by atoms with E-state index < -0.39 is 5.97 Å². The number of carbonyl (C=O) groups excluding carboxylic acids is 1. The fourth-order valence-corrected chi connectivity index (χ4v) is 2.39. The molecule has 3 aromatic heterocycles. The van der Waals surface area contributed by atoms with E-state index >= 15 is 0 Å². The van der Waals surface area contributed by atoms with Gasteiger partial charge in [-0.2, -0.15) is 5.10 Å². The number of fused-ring (bicyclic) bond motifs is 1. The van der Waals surface area contributed by atoms with Crippen LogP contribution >= 0.6 is 0 Å². The highest BCUT2D eigenvalue weighted by molar-refractivity contribution is 6.02. The average molecular weight is 314 g/mol. The van der Waals surface area contributed by atoms with Crippen LogP contribution in [-0.2, 0) is 11.3 Å². The van der Waals surface area contributed by atoms with Gasteiger partial charge in [-0.15, -0.1) is 0 Å². The van der Waals surface area contributed by atoms with E-state index in [0.29, 0.717) is 28.1 Å². The number of aryl methyl sites for hydroxylation is 2. The third-order valence-electron chi connectivity index (χ3n) is 3.43. The van der Waals surface area contributed by atoms with Gasteiger partial charge in [0.1, 0.15) is 18.1 Å². The molecule has 0 aliphatic carbocycles. The van der Waals surface area contributed by atoms with Crippen LogP contribution in [0, 0.1) is 13.8 Å². The monoisotopic (exact) mass is 314 g/mol. The Balaban J connectivity index is 1.90. The molecule has 0 aromatic carbocycles. The van der Waals surface area contributed by atoms with Crippen molar-refractivity contribution in [1.29, 1.82) is 0 Å². The number of esters is 1. The molecule has 7 nitrogen and oxygen atoms in total. The summed E-state index contributed by atoms with van der Waals surface area (Å²) < 4.78 is 12.1. The SMILES string of the molecule is Cc1cc(C(=O)OCc2cc(C)on2)c2cnn(C(C)C)c2n1. The Morgan fingerprint density at radius 3 is 2.78 bits per heavy atom. The van der Waals surface area contributed by atoms with Crippen molar-refractivity contribution in [2.45, 2.75) is 40.3 Å². The van der Waals surface area contributed by atoms with Crippen molar-refractivity contribution in [2.24, 2.45) is 0 Å². The van der Waals surface area contributed by atoms with Crippen molar-refractivity contribution < 1.29 is 14.1 Å². The van der Waals surface area contributed by atoms with Gasteiger partial charge in [0, 0.05) is 17.8 Å². The van der Waals surface area contributed by atoms with Gasteiger partial charge in [-0.05, 0) is 33.8 Å². The maximum Gasteiger partial charge on any atom is 0.339 e. The smallest absolute Gasteiger partial charge is 0.339 e. The minimum Gasteiger partial charge on any atom is -0.455 e. The molecule has 23 heavy (non-hydrogen) atoms. The Kier molecular flexibility index (Phi) is 3.85. The zero-order valence-electron chi connectivity index (χ0n) is 13.5. The molecule has 0 saturated carbocycles. The van der Waals surface area contributed by atoms with Crippen LogP contribution in [0.25, 0.3) is 11.0 Å². The summed E-state index contributed by atoms with van der Waals surface area (Å²) in [5.74, 6) is 0.251. The lowest BCUT2D eigenvalue weighted by molar-refractivity contribution is 0.0466. The predicted molar refractivity (Wildman–Crippen MR) is 83.0 cm³/mol. The summed E-state index contributed by atoms with van der Waals surface area (Å²) in [5, 5.41) is 8.81. The number of hydrogen-bond acceptors (Lipinski definition) is 6. The standard InChI is InChI=1S/C16H18N4O3/c1-9(2)20-15-14(7-17-20)13(5-10(3)18-15)16(21)22-8-12-6-11(4)23-19-12/h5-7,9H,8H2,1-4H3. The first-order chi connectivity index (χ1) is 11.0. The molecule has 0 fully saturated rings. The Hall–Kier alpha value is -2.70. The number of ether oxygens (including phenoxy) is 1. The first-order valence-corrected chi connectivity index (χ1v) is 7.40. The molecular formula is C16H18N4O3. The lowest BCUT2D eigenvalue weighted by Gasteiger charge is -2.08. The minimum absolute atomic E-state index is 0.0668. The molecule has 0 aliphatic rings. The first kappa shape index (κ1) is 15.2. The molecule has 7 heteroatoms. The van der Waals surface area contributed by atoms with E-state index in [1.54, 1.807) is 29.9 Å². The summed E-state index contributed by atoms with van der Waals surface area (Å²) in [4.78, 5) is 16.9. The van der Waals surface area contributed by atoms with E-state index in [-0.39, 0.29) is 12.6 Å². The Bertz CT molecular complexity index is 863. The van der Waals surface area contributed by atoms with Crippen LogP contribution in [-0.4, -0.2) is 25.9 Å². The van der Waals surface area contributed by atoms with Gasteiger partial charge in [0.15, 0.2) is 5.65 Å². The highest BCUT2D eigenvalue weighted by atomic mass is 16.5. The number of rotatable bonds is 4. The fraction of sp³-hybridized carbons (Fsp3) is 0.375.